The van der Waals surface area contributed by atoms with E-state index < -0.39 is 0 Å². The summed E-state index contributed by atoms with van der Waals surface area (Å²) in [5.41, 5.74) is 8.53. The Morgan fingerprint density at radius 2 is 2.32 bits per heavy atom. The molecule has 1 aromatic carbocycles. The van der Waals surface area contributed by atoms with Crippen LogP contribution in [0, 0.1) is 12.8 Å². The minimum atomic E-state index is 0.0176. The number of nitrogens with one attached hydrogen (secondary N) is 2. The molecule has 5 heteroatoms. The Bertz CT molecular complexity index is 685. The molecule has 2 aromatic rings. The smallest absolute Gasteiger partial charge is 0.225 e. The number of amides is 1. The van der Waals surface area contributed by atoms with Gasteiger partial charge in [-0.05, 0) is 50.6 Å². The number of aromatic nitrogens is 1. The van der Waals surface area contributed by atoms with Crippen molar-refractivity contribution in [3.8, 4) is 0 Å². The van der Waals surface area contributed by atoms with Crippen molar-refractivity contribution in [3.63, 3.8) is 0 Å². The lowest BCUT2D eigenvalue weighted by Crippen LogP contribution is -2.27. The molecule has 0 saturated carbocycles. The lowest BCUT2D eigenvalue weighted by Gasteiger charge is -2.11. The van der Waals surface area contributed by atoms with Gasteiger partial charge in [0.05, 0.1) is 17.4 Å². The normalized spacial score (nSPS) is 21.2. The van der Waals surface area contributed by atoms with E-state index in [1.165, 1.54) is 5.56 Å². The molecule has 0 bridgehead atoms. The van der Waals surface area contributed by atoms with Crippen LogP contribution in [0.3, 0.4) is 0 Å². The molecule has 0 unspecified atom stereocenters. The highest BCUT2D eigenvalue weighted by Gasteiger charge is 2.24. The van der Waals surface area contributed by atoms with Crippen molar-refractivity contribution in [3.05, 3.63) is 36.0 Å². The van der Waals surface area contributed by atoms with E-state index in [0.717, 1.165) is 29.6 Å². The number of nitrogens with zero attached hydrogens (tertiary/aromatic N) is 1. The van der Waals surface area contributed by atoms with Crippen molar-refractivity contribution in [2.45, 2.75) is 25.8 Å². The molecule has 1 saturated heterocycles. The minimum Gasteiger partial charge on any atom is -0.330 e. The molecule has 1 aliphatic heterocycles. The van der Waals surface area contributed by atoms with Gasteiger partial charge in [0, 0.05) is 17.8 Å². The van der Waals surface area contributed by atoms with E-state index in [4.69, 9.17) is 5.73 Å². The molecule has 0 radical (unpaired) electrons. The Morgan fingerprint density at radius 1 is 1.45 bits per heavy atom. The van der Waals surface area contributed by atoms with Crippen molar-refractivity contribution in [2.24, 2.45) is 11.7 Å². The molecule has 2 heterocycles. The molecule has 1 aromatic heterocycles. The van der Waals surface area contributed by atoms with Gasteiger partial charge in [-0.2, -0.15) is 0 Å². The van der Waals surface area contributed by atoms with Crippen LogP contribution in [-0.2, 0) is 4.79 Å². The summed E-state index contributed by atoms with van der Waals surface area (Å²) in [6.07, 6.45) is 3.15. The number of benzene rings is 1. The zero-order valence-electron chi connectivity index (χ0n) is 12.8. The van der Waals surface area contributed by atoms with Gasteiger partial charge in [-0.3, -0.25) is 9.78 Å². The molecule has 1 fully saturated rings. The van der Waals surface area contributed by atoms with Gasteiger partial charge in [0.2, 0.25) is 5.91 Å². The van der Waals surface area contributed by atoms with Gasteiger partial charge in [0.1, 0.15) is 0 Å². The van der Waals surface area contributed by atoms with Crippen LogP contribution in [0.15, 0.2) is 30.5 Å². The van der Waals surface area contributed by atoms with Crippen LogP contribution < -0.4 is 16.4 Å². The van der Waals surface area contributed by atoms with E-state index in [-0.39, 0.29) is 11.9 Å². The number of aryl methyl sites for hydroxylation is 1. The second-order valence-corrected chi connectivity index (χ2v) is 6.12. The standard InChI is InChI=1S/C17H22N4O/c1-11-2-3-16-13(4-11)6-15(10-20-16)21-17(22)7-14-5-12(8-18)9-19-14/h2-4,6,10,12,14,19H,5,7-9,18H2,1H3,(H,21,22)/t12-,14-/m1/s1. The molecular formula is C17H22N4O. The average Bonchev–Trinajstić information content (AvgIpc) is 2.94. The van der Waals surface area contributed by atoms with Crippen molar-refractivity contribution < 1.29 is 4.79 Å². The maximum atomic E-state index is 12.2. The van der Waals surface area contributed by atoms with Gasteiger partial charge in [-0.1, -0.05) is 11.6 Å². The van der Waals surface area contributed by atoms with Crippen LogP contribution in [0.25, 0.3) is 10.9 Å². The molecule has 22 heavy (non-hydrogen) atoms. The second kappa shape index (κ2) is 6.42. The summed E-state index contributed by atoms with van der Waals surface area (Å²) < 4.78 is 0. The zero-order valence-corrected chi connectivity index (χ0v) is 12.8. The van der Waals surface area contributed by atoms with E-state index in [1.807, 2.05) is 25.1 Å². The molecule has 1 aliphatic rings. The van der Waals surface area contributed by atoms with Gasteiger partial charge in [-0.15, -0.1) is 0 Å². The molecule has 5 nitrogen and oxygen atoms in total. The summed E-state index contributed by atoms with van der Waals surface area (Å²) in [5, 5.41) is 7.34. The number of fused-ring (bicyclic) bond motifs is 1. The van der Waals surface area contributed by atoms with Gasteiger partial charge in [0.25, 0.3) is 0 Å². The molecule has 2 atom stereocenters. The van der Waals surface area contributed by atoms with Crippen molar-refractivity contribution >= 4 is 22.5 Å². The Morgan fingerprint density at radius 3 is 3.09 bits per heavy atom. The van der Waals surface area contributed by atoms with Gasteiger partial charge >= 0.3 is 0 Å². The number of rotatable bonds is 4. The monoisotopic (exact) mass is 298 g/mol. The van der Waals surface area contributed by atoms with Crippen LogP contribution in [0.5, 0.6) is 0 Å². The minimum absolute atomic E-state index is 0.0176. The summed E-state index contributed by atoms with van der Waals surface area (Å²) in [7, 11) is 0. The van der Waals surface area contributed by atoms with E-state index in [9.17, 15) is 4.79 Å². The average molecular weight is 298 g/mol. The first-order chi connectivity index (χ1) is 10.6. The summed E-state index contributed by atoms with van der Waals surface area (Å²) in [4.78, 5) is 16.5. The molecule has 3 rings (SSSR count). The van der Waals surface area contributed by atoms with Crippen LogP contribution in [-0.4, -0.2) is 30.0 Å². The van der Waals surface area contributed by atoms with Gasteiger partial charge in [-0.25, -0.2) is 0 Å². The molecule has 116 valence electrons. The number of carbonyl (C=O) groups excluding carboxylic acids is 1. The lowest BCUT2D eigenvalue weighted by atomic mass is 10.0. The Hall–Kier alpha value is -1.98. The SMILES string of the molecule is Cc1ccc2ncc(NC(=O)C[C@H]3C[C@H](CN)CN3)cc2c1. The second-order valence-electron chi connectivity index (χ2n) is 6.12. The number of nitrogens with two attached hydrogens (primary N) is 1. The Balaban J connectivity index is 1.64. The fourth-order valence-corrected chi connectivity index (χ4v) is 2.99. The van der Waals surface area contributed by atoms with E-state index in [0.29, 0.717) is 18.9 Å². The Kier molecular flexibility index (Phi) is 4.36. The van der Waals surface area contributed by atoms with Gasteiger partial charge in [0.15, 0.2) is 0 Å². The summed E-state index contributed by atoms with van der Waals surface area (Å²) in [5.74, 6) is 0.507. The highest BCUT2D eigenvalue weighted by atomic mass is 16.1. The predicted molar refractivity (Wildman–Crippen MR) is 88.7 cm³/mol. The maximum Gasteiger partial charge on any atom is 0.225 e. The predicted octanol–water partition coefficient (Wildman–Crippen LogP) is 1.81. The van der Waals surface area contributed by atoms with Crippen LogP contribution >= 0.6 is 0 Å². The zero-order chi connectivity index (χ0) is 15.5. The van der Waals surface area contributed by atoms with Crippen LogP contribution in [0.2, 0.25) is 0 Å². The third kappa shape index (κ3) is 3.43. The number of anilines is 1. The fourth-order valence-electron chi connectivity index (χ4n) is 2.99. The lowest BCUT2D eigenvalue weighted by molar-refractivity contribution is -0.116. The highest BCUT2D eigenvalue weighted by Crippen LogP contribution is 2.19. The first-order valence-corrected chi connectivity index (χ1v) is 7.74. The summed E-state index contributed by atoms with van der Waals surface area (Å²) in [6.45, 7) is 3.63. The van der Waals surface area contributed by atoms with Crippen molar-refractivity contribution in [2.75, 3.05) is 18.4 Å². The highest BCUT2D eigenvalue weighted by molar-refractivity contribution is 5.93. The first kappa shape index (κ1) is 14.9. The summed E-state index contributed by atoms with van der Waals surface area (Å²) >= 11 is 0. The van der Waals surface area contributed by atoms with E-state index in [1.54, 1.807) is 6.20 Å². The number of hydrogen-bond donors (Lipinski definition) is 3. The number of hydrogen-bond acceptors (Lipinski definition) is 4. The topological polar surface area (TPSA) is 80.0 Å². The van der Waals surface area contributed by atoms with Gasteiger partial charge < -0.3 is 16.4 Å². The van der Waals surface area contributed by atoms with Crippen LogP contribution in [0.4, 0.5) is 5.69 Å². The molecule has 0 spiro atoms. The molecule has 0 aliphatic carbocycles. The van der Waals surface area contributed by atoms with Crippen molar-refractivity contribution in [1.29, 1.82) is 0 Å². The third-order valence-electron chi connectivity index (χ3n) is 4.20. The largest absolute Gasteiger partial charge is 0.330 e. The molecule has 4 N–H and O–H groups in total. The fraction of sp³-hybridized carbons (Fsp3) is 0.412. The third-order valence-corrected chi connectivity index (χ3v) is 4.20. The van der Waals surface area contributed by atoms with Crippen molar-refractivity contribution in [1.82, 2.24) is 10.3 Å². The summed E-state index contributed by atoms with van der Waals surface area (Å²) in [6, 6.07) is 8.29. The first-order valence-electron chi connectivity index (χ1n) is 7.74. The van der Waals surface area contributed by atoms with E-state index >= 15 is 0 Å². The van der Waals surface area contributed by atoms with Crippen LogP contribution in [0.1, 0.15) is 18.4 Å². The quantitative estimate of drug-likeness (QED) is 0.804. The number of pyridine rings is 1. The number of carbonyl (C=O) groups is 1. The van der Waals surface area contributed by atoms with E-state index in [2.05, 4.69) is 21.7 Å². The molecule has 1 amide bonds. The maximum absolute atomic E-state index is 12.2. The Labute approximate surface area is 130 Å². The molecular weight excluding hydrogens is 276 g/mol.